The second-order valence-corrected chi connectivity index (χ2v) is 7.30. The highest BCUT2D eigenvalue weighted by molar-refractivity contribution is 9.10. The maximum atomic E-state index is 12.2. The van der Waals surface area contributed by atoms with Crippen LogP contribution in [0.3, 0.4) is 0 Å². The van der Waals surface area contributed by atoms with Gasteiger partial charge in [-0.3, -0.25) is 4.79 Å². The van der Waals surface area contributed by atoms with E-state index in [0.29, 0.717) is 6.54 Å². The third-order valence-electron chi connectivity index (χ3n) is 4.20. The Morgan fingerprint density at radius 1 is 1.08 bits per heavy atom. The van der Waals surface area contributed by atoms with Crippen molar-refractivity contribution >= 4 is 44.8 Å². The number of anilines is 2. The number of halogens is 2. The molecule has 1 amide bonds. The maximum absolute atomic E-state index is 12.2. The van der Waals surface area contributed by atoms with Gasteiger partial charge >= 0.3 is 0 Å². The first-order valence-corrected chi connectivity index (χ1v) is 9.17. The number of carbonyl (C=O) groups excluding carboxylic acids is 1. The van der Waals surface area contributed by atoms with Gasteiger partial charge in [0, 0.05) is 20.9 Å². The van der Waals surface area contributed by atoms with Crippen LogP contribution < -0.4 is 15.1 Å². The Bertz CT molecular complexity index is 682. The number of hydrogen-bond donors (Lipinski definition) is 2. The summed E-state index contributed by atoms with van der Waals surface area (Å²) in [5.74, 6) is 0.0623. The zero-order valence-electron chi connectivity index (χ0n) is 13.3. The van der Waals surface area contributed by atoms with Gasteiger partial charge in [0.15, 0.2) is 6.54 Å². The molecule has 4 nitrogen and oxygen atoms in total. The molecule has 0 atom stereocenters. The molecule has 0 radical (unpaired) electrons. The summed E-state index contributed by atoms with van der Waals surface area (Å²) in [4.78, 5) is 15.8. The predicted octanol–water partition coefficient (Wildman–Crippen LogP) is 2.45. The normalized spacial score (nSPS) is 15.3. The number of carbonyl (C=O) groups is 1. The van der Waals surface area contributed by atoms with E-state index in [1.165, 1.54) is 10.6 Å². The number of nitrogens with one attached hydrogen (secondary N) is 2. The van der Waals surface area contributed by atoms with E-state index in [0.717, 1.165) is 41.4 Å². The molecule has 0 aliphatic carbocycles. The van der Waals surface area contributed by atoms with Crippen LogP contribution in [-0.4, -0.2) is 38.6 Å². The van der Waals surface area contributed by atoms with Crippen molar-refractivity contribution in [1.82, 2.24) is 0 Å². The van der Waals surface area contributed by atoms with Gasteiger partial charge in [-0.1, -0.05) is 27.5 Å². The Morgan fingerprint density at radius 3 is 2.33 bits per heavy atom. The van der Waals surface area contributed by atoms with Gasteiger partial charge in [0.05, 0.1) is 26.2 Å². The Hall–Kier alpha value is -1.56. The second-order valence-electron chi connectivity index (χ2n) is 5.95. The van der Waals surface area contributed by atoms with Crippen LogP contribution >= 0.6 is 27.5 Å². The first kappa shape index (κ1) is 17.3. The van der Waals surface area contributed by atoms with Gasteiger partial charge in [0.25, 0.3) is 5.91 Å². The standard InChI is InChI=1S/C18H19BrClN3O/c19-14-1-5-16(6-2-14)21-18(24)13-22-9-11-23(12-10-22)17-7-3-15(20)4-8-17/h1-8H,9-13H2,(H,21,24)/p+1. The zero-order valence-corrected chi connectivity index (χ0v) is 15.6. The summed E-state index contributed by atoms with van der Waals surface area (Å²) in [6, 6.07) is 15.6. The average molecular weight is 410 g/mol. The SMILES string of the molecule is O=C(C[NH+]1CCN(c2ccc(Cl)cc2)CC1)Nc1ccc(Br)cc1. The molecule has 126 valence electrons. The van der Waals surface area contributed by atoms with Gasteiger partial charge in [0.2, 0.25) is 0 Å². The Morgan fingerprint density at radius 2 is 1.71 bits per heavy atom. The van der Waals surface area contributed by atoms with Crippen molar-refractivity contribution < 1.29 is 9.69 Å². The lowest BCUT2D eigenvalue weighted by Crippen LogP contribution is -3.15. The van der Waals surface area contributed by atoms with E-state index in [1.807, 2.05) is 48.5 Å². The molecule has 2 N–H and O–H groups in total. The molecule has 1 aliphatic rings. The third kappa shape index (κ3) is 4.72. The fourth-order valence-electron chi connectivity index (χ4n) is 2.88. The van der Waals surface area contributed by atoms with Gasteiger partial charge in [-0.2, -0.15) is 0 Å². The average Bonchev–Trinajstić information content (AvgIpc) is 2.58. The molecular formula is C18H20BrClN3O+. The summed E-state index contributed by atoms with van der Waals surface area (Å²) in [5, 5.41) is 3.71. The molecular weight excluding hydrogens is 390 g/mol. The van der Waals surface area contributed by atoms with Crippen LogP contribution in [0.25, 0.3) is 0 Å². The van der Waals surface area contributed by atoms with E-state index in [-0.39, 0.29) is 5.91 Å². The predicted molar refractivity (Wildman–Crippen MR) is 102 cm³/mol. The van der Waals surface area contributed by atoms with Crippen LogP contribution in [0.5, 0.6) is 0 Å². The molecule has 0 saturated carbocycles. The minimum Gasteiger partial charge on any atom is -0.360 e. The molecule has 1 saturated heterocycles. The minimum absolute atomic E-state index is 0.0623. The molecule has 6 heteroatoms. The summed E-state index contributed by atoms with van der Waals surface area (Å²) < 4.78 is 1.00. The van der Waals surface area contributed by atoms with Crippen molar-refractivity contribution in [2.45, 2.75) is 0 Å². The van der Waals surface area contributed by atoms with Crippen LogP contribution in [0.4, 0.5) is 11.4 Å². The van der Waals surface area contributed by atoms with Gasteiger partial charge in [-0.15, -0.1) is 0 Å². The number of amides is 1. The monoisotopic (exact) mass is 408 g/mol. The van der Waals surface area contributed by atoms with E-state index < -0.39 is 0 Å². The van der Waals surface area contributed by atoms with E-state index >= 15 is 0 Å². The van der Waals surface area contributed by atoms with E-state index in [9.17, 15) is 4.79 Å². The van der Waals surface area contributed by atoms with E-state index in [1.54, 1.807) is 0 Å². The molecule has 24 heavy (non-hydrogen) atoms. The van der Waals surface area contributed by atoms with Crippen LogP contribution in [0, 0.1) is 0 Å². The first-order chi connectivity index (χ1) is 11.6. The van der Waals surface area contributed by atoms with Gasteiger partial charge in [-0.05, 0) is 48.5 Å². The summed E-state index contributed by atoms with van der Waals surface area (Å²) in [5.41, 5.74) is 2.03. The smallest absolute Gasteiger partial charge is 0.279 e. The summed E-state index contributed by atoms with van der Waals surface area (Å²) in [7, 11) is 0. The van der Waals surface area contributed by atoms with Crippen LogP contribution in [0.1, 0.15) is 0 Å². The quantitative estimate of drug-likeness (QED) is 0.814. The van der Waals surface area contributed by atoms with Crippen LogP contribution in [-0.2, 0) is 4.79 Å². The van der Waals surface area contributed by atoms with Crippen molar-refractivity contribution in [3.63, 3.8) is 0 Å². The Kier molecular flexibility index (Phi) is 5.76. The molecule has 0 aromatic heterocycles. The summed E-state index contributed by atoms with van der Waals surface area (Å²) in [6.07, 6.45) is 0. The van der Waals surface area contributed by atoms with Crippen molar-refractivity contribution in [2.24, 2.45) is 0 Å². The van der Waals surface area contributed by atoms with Crippen LogP contribution in [0.2, 0.25) is 5.02 Å². The Balaban J connectivity index is 1.47. The van der Waals surface area contributed by atoms with Gasteiger partial charge in [0.1, 0.15) is 0 Å². The highest BCUT2D eigenvalue weighted by atomic mass is 79.9. The van der Waals surface area contributed by atoms with Crippen molar-refractivity contribution in [3.05, 3.63) is 58.0 Å². The molecule has 2 aromatic carbocycles. The van der Waals surface area contributed by atoms with Crippen LogP contribution in [0.15, 0.2) is 53.0 Å². The molecule has 3 rings (SSSR count). The molecule has 0 bridgehead atoms. The maximum Gasteiger partial charge on any atom is 0.279 e. The lowest BCUT2D eigenvalue weighted by atomic mass is 10.2. The number of quaternary nitrogens is 1. The topological polar surface area (TPSA) is 36.8 Å². The number of rotatable bonds is 4. The van der Waals surface area contributed by atoms with Gasteiger partial charge in [-0.25, -0.2) is 0 Å². The second kappa shape index (κ2) is 8.01. The number of piperazine rings is 1. The van der Waals surface area contributed by atoms with E-state index in [4.69, 9.17) is 11.6 Å². The van der Waals surface area contributed by atoms with Crippen molar-refractivity contribution in [3.8, 4) is 0 Å². The molecule has 0 unspecified atom stereocenters. The van der Waals surface area contributed by atoms with E-state index in [2.05, 4.69) is 26.1 Å². The largest absolute Gasteiger partial charge is 0.360 e. The molecule has 1 heterocycles. The fourth-order valence-corrected chi connectivity index (χ4v) is 3.27. The first-order valence-electron chi connectivity index (χ1n) is 8.00. The highest BCUT2D eigenvalue weighted by Crippen LogP contribution is 2.17. The van der Waals surface area contributed by atoms with Crippen molar-refractivity contribution in [1.29, 1.82) is 0 Å². The highest BCUT2D eigenvalue weighted by Gasteiger charge is 2.22. The minimum atomic E-state index is 0.0623. The summed E-state index contributed by atoms with van der Waals surface area (Å²) >= 11 is 9.33. The number of nitrogens with zero attached hydrogens (tertiary/aromatic N) is 1. The molecule has 1 fully saturated rings. The fraction of sp³-hybridized carbons (Fsp3) is 0.278. The molecule has 0 spiro atoms. The summed E-state index contributed by atoms with van der Waals surface area (Å²) in [6.45, 7) is 4.31. The number of hydrogen-bond acceptors (Lipinski definition) is 2. The molecule has 2 aromatic rings. The lowest BCUT2D eigenvalue weighted by molar-refractivity contribution is -0.892. The zero-order chi connectivity index (χ0) is 16.9. The number of benzene rings is 2. The van der Waals surface area contributed by atoms with Gasteiger partial charge < -0.3 is 15.1 Å². The van der Waals surface area contributed by atoms with Crippen molar-refractivity contribution in [2.75, 3.05) is 42.9 Å². The Labute approximate surface area is 155 Å². The lowest BCUT2D eigenvalue weighted by Gasteiger charge is -2.33. The third-order valence-corrected chi connectivity index (χ3v) is 4.98. The molecule has 1 aliphatic heterocycles.